The van der Waals surface area contributed by atoms with Crippen molar-refractivity contribution >= 4 is 29.1 Å². The van der Waals surface area contributed by atoms with Gasteiger partial charge in [0.05, 0.1) is 12.1 Å². The van der Waals surface area contributed by atoms with Crippen LogP contribution in [-0.4, -0.2) is 31.3 Å². The third kappa shape index (κ3) is 3.85. The van der Waals surface area contributed by atoms with Crippen LogP contribution in [0.3, 0.4) is 0 Å². The minimum Gasteiger partial charge on any atom is -0.394 e. The molecule has 1 aromatic rings. The normalized spacial score (nSPS) is 14.1. The molecule has 4 nitrogen and oxygen atoms in total. The van der Waals surface area contributed by atoms with E-state index in [2.05, 4.69) is 5.32 Å². The molecular weight excluding hydrogens is 277 g/mol. The summed E-state index contributed by atoms with van der Waals surface area (Å²) in [6.07, 6.45) is 0. The molecule has 0 spiro atoms. The average Bonchev–Trinajstić information content (AvgIpc) is 2.27. The van der Waals surface area contributed by atoms with Crippen molar-refractivity contribution in [3.63, 3.8) is 0 Å². The van der Waals surface area contributed by atoms with Gasteiger partial charge in [-0.3, -0.25) is 4.79 Å². The number of amides is 1. The van der Waals surface area contributed by atoms with E-state index in [1.165, 1.54) is 7.11 Å². The van der Waals surface area contributed by atoms with Gasteiger partial charge in [0.2, 0.25) is 5.91 Å². The summed E-state index contributed by atoms with van der Waals surface area (Å²) in [5.41, 5.74) is -0.323. The molecule has 0 fully saturated rings. The highest BCUT2D eigenvalue weighted by molar-refractivity contribution is 6.34. The zero-order valence-electron chi connectivity index (χ0n) is 10.2. The van der Waals surface area contributed by atoms with Gasteiger partial charge in [-0.1, -0.05) is 23.2 Å². The van der Waals surface area contributed by atoms with E-state index >= 15 is 0 Å². The summed E-state index contributed by atoms with van der Waals surface area (Å²) in [5, 5.41) is 13.1. The molecule has 0 bridgehead atoms. The summed E-state index contributed by atoms with van der Waals surface area (Å²) in [7, 11) is 1.42. The smallest absolute Gasteiger partial charge is 0.246 e. The number of carbonyl (C=O) groups is 1. The van der Waals surface area contributed by atoms with Crippen LogP contribution in [0.4, 0.5) is 0 Å². The van der Waals surface area contributed by atoms with Gasteiger partial charge < -0.3 is 15.2 Å². The molecule has 18 heavy (non-hydrogen) atoms. The largest absolute Gasteiger partial charge is 0.394 e. The van der Waals surface area contributed by atoms with Crippen LogP contribution < -0.4 is 5.32 Å². The van der Waals surface area contributed by atoms with Crippen molar-refractivity contribution in [1.29, 1.82) is 0 Å². The number of benzene rings is 1. The highest BCUT2D eigenvalue weighted by atomic mass is 35.5. The predicted molar refractivity (Wildman–Crippen MR) is 70.9 cm³/mol. The predicted octanol–water partition coefficient (Wildman–Crippen LogP) is 1.96. The third-order valence-corrected chi connectivity index (χ3v) is 2.94. The monoisotopic (exact) mass is 291 g/mol. The van der Waals surface area contributed by atoms with E-state index in [0.29, 0.717) is 15.6 Å². The number of aliphatic hydroxyl groups excluding tert-OH is 1. The van der Waals surface area contributed by atoms with E-state index in [1.807, 2.05) is 0 Å². The number of ether oxygens (including phenoxy) is 1. The lowest BCUT2D eigenvalue weighted by atomic mass is 9.93. The third-order valence-electron chi connectivity index (χ3n) is 2.51. The van der Waals surface area contributed by atoms with Crippen molar-refractivity contribution < 1.29 is 14.6 Å². The maximum Gasteiger partial charge on any atom is 0.246 e. The Morgan fingerprint density at radius 1 is 1.39 bits per heavy atom. The number of rotatable bonds is 5. The first-order valence-electron chi connectivity index (χ1n) is 5.28. The Morgan fingerprint density at radius 3 is 2.39 bits per heavy atom. The molecular formula is C12H15Cl2NO3. The van der Waals surface area contributed by atoms with Crippen LogP contribution in [-0.2, 0) is 15.1 Å². The van der Waals surface area contributed by atoms with Gasteiger partial charge in [-0.05, 0) is 30.7 Å². The summed E-state index contributed by atoms with van der Waals surface area (Å²) >= 11 is 11.8. The maximum atomic E-state index is 11.5. The van der Waals surface area contributed by atoms with Crippen LogP contribution in [0.1, 0.15) is 12.5 Å². The fourth-order valence-corrected chi connectivity index (χ4v) is 2.08. The minimum atomic E-state index is -0.954. The van der Waals surface area contributed by atoms with Crippen molar-refractivity contribution in [3.05, 3.63) is 33.8 Å². The molecule has 100 valence electrons. The molecule has 0 aliphatic heterocycles. The first-order valence-corrected chi connectivity index (χ1v) is 6.04. The molecule has 1 aromatic carbocycles. The Morgan fingerprint density at radius 2 is 1.94 bits per heavy atom. The number of aliphatic hydroxyl groups is 1. The second-order valence-electron chi connectivity index (χ2n) is 4.13. The van der Waals surface area contributed by atoms with Gasteiger partial charge in [0.15, 0.2) is 0 Å². The van der Waals surface area contributed by atoms with Crippen molar-refractivity contribution in [2.75, 3.05) is 20.3 Å². The fourth-order valence-electron chi connectivity index (χ4n) is 1.55. The molecule has 0 heterocycles. The Labute approximate surface area is 116 Å². The first kappa shape index (κ1) is 15.2. The van der Waals surface area contributed by atoms with Gasteiger partial charge in [0.25, 0.3) is 0 Å². The highest BCUT2D eigenvalue weighted by Gasteiger charge is 2.28. The Kier molecular flexibility index (Phi) is 5.41. The summed E-state index contributed by atoms with van der Waals surface area (Å²) in [6.45, 7) is 1.32. The van der Waals surface area contributed by atoms with Crippen molar-refractivity contribution in [1.82, 2.24) is 5.32 Å². The Hall–Kier alpha value is -0.810. The lowest BCUT2D eigenvalue weighted by molar-refractivity contribution is -0.127. The standard InChI is InChI=1S/C12H15Cl2NO3/c1-12(7-16,15-11(17)6-18-2)8-3-9(13)5-10(14)4-8/h3-5,16H,6-7H2,1-2H3,(H,15,17)/t12-/m1/s1. The topological polar surface area (TPSA) is 58.6 Å². The van der Waals surface area contributed by atoms with Crippen molar-refractivity contribution in [3.8, 4) is 0 Å². The van der Waals surface area contributed by atoms with Crippen LogP contribution in [0, 0.1) is 0 Å². The Bertz CT molecular complexity index is 419. The van der Waals surface area contributed by atoms with Crippen molar-refractivity contribution in [2.45, 2.75) is 12.5 Å². The molecule has 0 unspecified atom stereocenters. The molecule has 1 amide bonds. The maximum absolute atomic E-state index is 11.5. The number of hydrogen-bond acceptors (Lipinski definition) is 3. The quantitative estimate of drug-likeness (QED) is 0.872. The van der Waals surface area contributed by atoms with Gasteiger partial charge in [-0.15, -0.1) is 0 Å². The van der Waals surface area contributed by atoms with E-state index < -0.39 is 5.54 Å². The summed E-state index contributed by atoms with van der Waals surface area (Å²) in [4.78, 5) is 11.5. The van der Waals surface area contributed by atoms with Crippen LogP contribution in [0.15, 0.2) is 18.2 Å². The molecule has 0 aromatic heterocycles. The van der Waals surface area contributed by atoms with E-state index in [1.54, 1.807) is 25.1 Å². The first-order chi connectivity index (χ1) is 8.41. The number of halogens is 2. The minimum absolute atomic E-state index is 0.0795. The molecule has 0 saturated heterocycles. The molecule has 0 radical (unpaired) electrons. The van der Waals surface area contributed by atoms with Crippen molar-refractivity contribution in [2.24, 2.45) is 0 Å². The number of carbonyl (C=O) groups excluding carboxylic acids is 1. The van der Waals surface area contributed by atoms with E-state index in [9.17, 15) is 9.90 Å². The van der Waals surface area contributed by atoms with Gasteiger partial charge in [-0.25, -0.2) is 0 Å². The Balaban J connectivity index is 3.02. The van der Waals surface area contributed by atoms with E-state index in [0.717, 1.165) is 0 Å². The molecule has 0 aliphatic carbocycles. The SMILES string of the molecule is COCC(=O)N[C@](C)(CO)c1cc(Cl)cc(Cl)c1. The zero-order chi connectivity index (χ0) is 13.8. The summed E-state index contributed by atoms with van der Waals surface area (Å²) < 4.78 is 4.73. The summed E-state index contributed by atoms with van der Waals surface area (Å²) in [5.74, 6) is -0.329. The van der Waals surface area contributed by atoms with Gasteiger partial charge in [-0.2, -0.15) is 0 Å². The zero-order valence-corrected chi connectivity index (χ0v) is 11.7. The molecule has 0 saturated carbocycles. The average molecular weight is 292 g/mol. The number of nitrogens with one attached hydrogen (secondary N) is 1. The van der Waals surface area contributed by atoms with E-state index in [4.69, 9.17) is 27.9 Å². The lowest BCUT2D eigenvalue weighted by Crippen LogP contribution is -2.47. The molecule has 0 aliphatic rings. The van der Waals surface area contributed by atoms with Gasteiger partial charge in [0, 0.05) is 17.2 Å². The van der Waals surface area contributed by atoms with Crippen LogP contribution in [0.25, 0.3) is 0 Å². The van der Waals surface area contributed by atoms with E-state index in [-0.39, 0.29) is 19.1 Å². The van der Waals surface area contributed by atoms with Gasteiger partial charge >= 0.3 is 0 Å². The second kappa shape index (κ2) is 6.38. The number of methoxy groups -OCH3 is 1. The second-order valence-corrected chi connectivity index (χ2v) is 5.00. The fraction of sp³-hybridized carbons (Fsp3) is 0.417. The van der Waals surface area contributed by atoms with Crippen LogP contribution >= 0.6 is 23.2 Å². The lowest BCUT2D eigenvalue weighted by Gasteiger charge is -2.29. The molecule has 6 heteroatoms. The molecule has 1 rings (SSSR count). The van der Waals surface area contributed by atoms with Crippen LogP contribution in [0.5, 0.6) is 0 Å². The highest BCUT2D eigenvalue weighted by Crippen LogP contribution is 2.27. The molecule has 2 N–H and O–H groups in total. The number of hydrogen-bond donors (Lipinski definition) is 2. The summed E-state index contributed by atoms with van der Waals surface area (Å²) in [6, 6.07) is 4.88. The van der Waals surface area contributed by atoms with Gasteiger partial charge in [0.1, 0.15) is 6.61 Å². The molecule has 1 atom stereocenters. The van der Waals surface area contributed by atoms with Crippen LogP contribution in [0.2, 0.25) is 10.0 Å².